The zero-order chi connectivity index (χ0) is 15.4. The summed E-state index contributed by atoms with van der Waals surface area (Å²) in [5, 5.41) is 0. The Kier molecular flexibility index (Phi) is 4.49. The maximum atomic E-state index is 13.9. The van der Waals surface area contributed by atoms with Crippen LogP contribution in [-0.4, -0.2) is 0 Å². The number of rotatable bonds is 1. The van der Waals surface area contributed by atoms with Crippen molar-refractivity contribution in [3.05, 3.63) is 76.4 Å². The highest BCUT2D eigenvalue weighted by Gasteiger charge is 2.12. The smallest absolute Gasteiger partial charge is 0.206 e. The predicted octanol–water partition coefficient (Wildman–Crippen LogP) is 5.10. The summed E-state index contributed by atoms with van der Waals surface area (Å²) in [6.07, 6.45) is 0. The first-order valence-corrected chi connectivity index (χ1v) is 6.38. The van der Waals surface area contributed by atoms with E-state index in [1.165, 1.54) is 12.1 Å². The molecule has 0 aliphatic rings. The van der Waals surface area contributed by atoms with Crippen LogP contribution in [0, 0.1) is 31.5 Å². The van der Waals surface area contributed by atoms with Crippen molar-refractivity contribution in [1.29, 1.82) is 0 Å². The van der Waals surface area contributed by atoms with E-state index in [-0.39, 0.29) is 0 Å². The average molecular weight is 286 g/mol. The van der Waals surface area contributed by atoms with Crippen LogP contribution in [0.4, 0.5) is 13.2 Å². The van der Waals surface area contributed by atoms with Gasteiger partial charge >= 0.3 is 0 Å². The van der Waals surface area contributed by atoms with Gasteiger partial charge in [0.1, 0.15) is 5.82 Å². The van der Waals surface area contributed by atoms with Gasteiger partial charge in [-0.25, -0.2) is 8.78 Å². The van der Waals surface area contributed by atoms with Gasteiger partial charge in [-0.2, -0.15) is 4.39 Å². The molecule has 0 fully saturated rings. The summed E-state index contributed by atoms with van der Waals surface area (Å²) < 4.78 is 41.1. The molecule has 2 aromatic carbocycles. The van der Waals surface area contributed by atoms with Gasteiger partial charge in [-0.15, -0.1) is 0 Å². The minimum absolute atomic E-state index is 0.420. The van der Waals surface area contributed by atoms with Gasteiger partial charge in [-0.1, -0.05) is 29.7 Å². The first-order valence-electron chi connectivity index (χ1n) is 6.38. The predicted molar refractivity (Wildman–Crippen MR) is 78.3 cm³/mol. The summed E-state index contributed by atoms with van der Waals surface area (Å²) >= 11 is 0. The third kappa shape index (κ3) is 3.76. The van der Waals surface area contributed by atoms with E-state index in [2.05, 4.69) is 11.8 Å². The normalized spacial score (nSPS) is 11.5. The second kappa shape index (κ2) is 6.32. The van der Waals surface area contributed by atoms with Crippen LogP contribution in [0.1, 0.15) is 22.3 Å². The minimum Gasteiger partial charge on any atom is -0.206 e. The highest BCUT2D eigenvalue weighted by atomic mass is 19.2. The fourth-order valence-electron chi connectivity index (χ4n) is 1.74. The molecular weight excluding hydrogens is 273 g/mol. The molecule has 2 aromatic rings. The summed E-state index contributed by atoms with van der Waals surface area (Å²) in [6.45, 7) is 3.58. The third-order valence-corrected chi connectivity index (χ3v) is 2.92. The first kappa shape index (κ1) is 14.9. The van der Waals surface area contributed by atoms with Gasteiger partial charge in [-0.05, 0) is 49.6 Å². The van der Waals surface area contributed by atoms with Crippen LogP contribution in [0.3, 0.4) is 0 Å². The van der Waals surface area contributed by atoms with Gasteiger partial charge in [0.2, 0.25) is 5.83 Å². The molecule has 106 valence electrons. The molecule has 0 saturated heterocycles. The van der Waals surface area contributed by atoms with E-state index < -0.39 is 23.0 Å². The van der Waals surface area contributed by atoms with Crippen molar-refractivity contribution in [3.8, 4) is 11.8 Å². The Bertz CT molecular complexity index is 744. The van der Waals surface area contributed by atoms with E-state index in [4.69, 9.17) is 0 Å². The Morgan fingerprint density at radius 2 is 1.52 bits per heavy atom. The molecule has 0 N–H and O–H groups in total. The Morgan fingerprint density at radius 1 is 0.905 bits per heavy atom. The topological polar surface area (TPSA) is 0 Å². The van der Waals surface area contributed by atoms with Crippen LogP contribution >= 0.6 is 0 Å². The monoisotopic (exact) mass is 286 g/mol. The molecule has 0 unspecified atom stereocenters. The van der Waals surface area contributed by atoms with Gasteiger partial charge in [0.25, 0.3) is 0 Å². The van der Waals surface area contributed by atoms with Crippen molar-refractivity contribution in [1.82, 2.24) is 0 Å². The van der Waals surface area contributed by atoms with Gasteiger partial charge in [0.15, 0.2) is 5.83 Å². The van der Waals surface area contributed by atoms with Crippen molar-refractivity contribution in [2.24, 2.45) is 0 Å². The molecule has 0 nitrogen and oxygen atoms in total. The molecule has 0 atom stereocenters. The second-order valence-electron chi connectivity index (χ2n) is 4.73. The van der Waals surface area contributed by atoms with Crippen molar-refractivity contribution in [2.45, 2.75) is 13.8 Å². The van der Waals surface area contributed by atoms with Gasteiger partial charge in [0.05, 0.1) is 0 Å². The fourth-order valence-corrected chi connectivity index (χ4v) is 1.74. The molecule has 0 aliphatic heterocycles. The van der Waals surface area contributed by atoms with E-state index in [1.54, 1.807) is 19.1 Å². The number of hydrogen-bond donors (Lipinski definition) is 0. The molecule has 2 rings (SSSR count). The molecule has 0 spiro atoms. The quantitative estimate of drug-likeness (QED) is 0.640. The Balaban J connectivity index is 2.33. The van der Waals surface area contributed by atoms with Crippen LogP contribution < -0.4 is 0 Å². The SMILES string of the molecule is Cc1ccc(C#CC(F)=C(F)c2ccc(C)cc2F)cc1. The number of hydrogen-bond acceptors (Lipinski definition) is 0. The second-order valence-corrected chi connectivity index (χ2v) is 4.73. The number of benzene rings is 2. The van der Waals surface area contributed by atoms with E-state index in [0.29, 0.717) is 11.1 Å². The van der Waals surface area contributed by atoms with Gasteiger partial charge in [0, 0.05) is 11.1 Å². The summed E-state index contributed by atoms with van der Waals surface area (Å²) in [6, 6.07) is 10.9. The highest BCUT2D eigenvalue weighted by molar-refractivity contribution is 5.65. The van der Waals surface area contributed by atoms with Crippen molar-refractivity contribution >= 4 is 5.83 Å². The molecule has 0 aliphatic carbocycles. The van der Waals surface area contributed by atoms with Crippen molar-refractivity contribution < 1.29 is 13.2 Å². The standard InChI is InChI=1S/C18H13F3/c1-12-3-6-14(7-4-12)8-10-16(19)18(21)15-9-5-13(2)11-17(15)20/h3-7,9,11H,1-2H3. The van der Waals surface area contributed by atoms with E-state index in [9.17, 15) is 13.2 Å². The van der Waals surface area contributed by atoms with Crippen molar-refractivity contribution in [3.63, 3.8) is 0 Å². The van der Waals surface area contributed by atoms with E-state index >= 15 is 0 Å². The molecule has 21 heavy (non-hydrogen) atoms. The molecular formula is C18H13F3. The lowest BCUT2D eigenvalue weighted by molar-refractivity contribution is 0.598. The Hall–Kier alpha value is -2.47. The maximum absolute atomic E-state index is 13.9. The summed E-state index contributed by atoms with van der Waals surface area (Å²) in [5.74, 6) is 1.22. The number of halogens is 3. The average Bonchev–Trinajstić information content (AvgIpc) is 2.45. The lowest BCUT2D eigenvalue weighted by Gasteiger charge is -2.01. The highest BCUT2D eigenvalue weighted by Crippen LogP contribution is 2.24. The molecule has 0 heterocycles. The zero-order valence-corrected chi connectivity index (χ0v) is 11.7. The molecule has 0 saturated carbocycles. The summed E-state index contributed by atoms with van der Waals surface area (Å²) in [4.78, 5) is 0. The molecule has 0 radical (unpaired) electrons. The Labute approximate surface area is 121 Å². The zero-order valence-electron chi connectivity index (χ0n) is 11.7. The molecule has 0 bridgehead atoms. The maximum Gasteiger partial charge on any atom is 0.209 e. The first-order chi connectivity index (χ1) is 9.97. The van der Waals surface area contributed by atoms with Crippen LogP contribution in [0.5, 0.6) is 0 Å². The van der Waals surface area contributed by atoms with Crippen LogP contribution in [0.2, 0.25) is 0 Å². The minimum atomic E-state index is -1.29. The number of aryl methyl sites for hydroxylation is 2. The lowest BCUT2D eigenvalue weighted by atomic mass is 10.1. The van der Waals surface area contributed by atoms with E-state index in [1.807, 2.05) is 19.1 Å². The van der Waals surface area contributed by atoms with Crippen LogP contribution in [0.15, 0.2) is 48.3 Å². The molecule has 3 heteroatoms. The lowest BCUT2D eigenvalue weighted by Crippen LogP contribution is -1.89. The molecule has 0 aromatic heterocycles. The summed E-state index contributed by atoms with van der Waals surface area (Å²) in [7, 11) is 0. The van der Waals surface area contributed by atoms with Crippen molar-refractivity contribution in [2.75, 3.05) is 0 Å². The van der Waals surface area contributed by atoms with Gasteiger partial charge in [-0.3, -0.25) is 0 Å². The van der Waals surface area contributed by atoms with Crippen LogP contribution in [0.25, 0.3) is 5.83 Å². The number of allylic oxidation sites excluding steroid dienone is 1. The third-order valence-electron chi connectivity index (χ3n) is 2.92. The Morgan fingerprint density at radius 3 is 2.14 bits per heavy atom. The van der Waals surface area contributed by atoms with Gasteiger partial charge < -0.3 is 0 Å². The fraction of sp³-hybridized carbons (Fsp3) is 0.111. The largest absolute Gasteiger partial charge is 0.209 e. The molecule has 0 amide bonds. The van der Waals surface area contributed by atoms with E-state index in [0.717, 1.165) is 11.6 Å². The summed E-state index contributed by atoms with van der Waals surface area (Å²) in [5.41, 5.74) is 1.82. The van der Waals surface area contributed by atoms with Crippen LogP contribution in [-0.2, 0) is 0 Å².